The molecule has 2 N–H and O–H groups in total. The lowest BCUT2D eigenvalue weighted by atomic mass is 10.0. The smallest absolute Gasteiger partial charge is 0.166 e. The summed E-state index contributed by atoms with van der Waals surface area (Å²) in [7, 11) is 0. The van der Waals surface area contributed by atoms with Crippen molar-refractivity contribution in [1.82, 2.24) is 4.90 Å². The van der Waals surface area contributed by atoms with Gasteiger partial charge >= 0.3 is 0 Å². The van der Waals surface area contributed by atoms with Crippen LogP contribution in [0.4, 0.5) is 0 Å². The first-order chi connectivity index (χ1) is 6.77. The Hall–Kier alpha value is -1.09. The van der Waals surface area contributed by atoms with E-state index in [1.807, 2.05) is 0 Å². The number of fused-ring (bicyclic) bond motifs is 1. The summed E-state index contributed by atoms with van der Waals surface area (Å²) in [5.74, 6) is 0. The zero-order valence-corrected chi connectivity index (χ0v) is 8.89. The fraction of sp³-hybridized carbons (Fsp3) is 0.364. The summed E-state index contributed by atoms with van der Waals surface area (Å²) in [5.41, 5.74) is 8.50. The van der Waals surface area contributed by atoms with E-state index in [1.165, 1.54) is 11.1 Å². The first kappa shape index (κ1) is 9.46. The molecule has 0 bridgehead atoms. The summed E-state index contributed by atoms with van der Waals surface area (Å²) in [4.78, 5) is 2.08. The molecule has 0 radical (unpaired) electrons. The summed E-state index contributed by atoms with van der Waals surface area (Å²) in [6, 6.07) is 8.57. The minimum absolute atomic E-state index is 0.526. The average Bonchev–Trinajstić information content (AvgIpc) is 2.39. The number of rotatable bonds is 0. The Morgan fingerprint density at radius 1 is 1.14 bits per heavy atom. The van der Waals surface area contributed by atoms with Crippen LogP contribution >= 0.6 is 12.2 Å². The molecular formula is C11H14N2S. The molecule has 1 aliphatic rings. The minimum Gasteiger partial charge on any atom is -0.376 e. The van der Waals surface area contributed by atoms with Gasteiger partial charge in [-0.25, -0.2) is 0 Å². The van der Waals surface area contributed by atoms with Gasteiger partial charge in [-0.05, 0) is 36.2 Å². The lowest BCUT2D eigenvalue weighted by molar-refractivity contribution is 0.442. The molecule has 14 heavy (non-hydrogen) atoms. The van der Waals surface area contributed by atoms with Crippen molar-refractivity contribution >= 4 is 17.3 Å². The molecule has 0 fully saturated rings. The molecule has 0 saturated heterocycles. The van der Waals surface area contributed by atoms with Crippen LogP contribution in [0, 0.1) is 0 Å². The van der Waals surface area contributed by atoms with Crippen LogP contribution in [-0.2, 0) is 12.8 Å². The van der Waals surface area contributed by atoms with Gasteiger partial charge in [0.1, 0.15) is 0 Å². The number of hydrogen-bond donors (Lipinski definition) is 1. The minimum atomic E-state index is 0.526. The first-order valence-corrected chi connectivity index (χ1v) is 5.29. The fourth-order valence-electron chi connectivity index (χ4n) is 1.89. The van der Waals surface area contributed by atoms with Gasteiger partial charge in [-0.2, -0.15) is 0 Å². The van der Waals surface area contributed by atoms with Crippen molar-refractivity contribution in [2.24, 2.45) is 5.73 Å². The van der Waals surface area contributed by atoms with Crippen molar-refractivity contribution in [3.05, 3.63) is 35.4 Å². The third-order valence-corrected chi connectivity index (χ3v) is 2.99. The molecule has 3 heteroatoms. The Kier molecular flexibility index (Phi) is 2.68. The molecule has 1 aromatic carbocycles. The SMILES string of the molecule is NC(=S)N1CCc2ccccc2CC1. The number of nitrogens with zero attached hydrogens (tertiary/aromatic N) is 1. The van der Waals surface area contributed by atoms with E-state index in [4.69, 9.17) is 18.0 Å². The van der Waals surface area contributed by atoms with E-state index in [1.54, 1.807) is 0 Å². The first-order valence-electron chi connectivity index (χ1n) is 4.88. The highest BCUT2D eigenvalue weighted by Crippen LogP contribution is 2.15. The van der Waals surface area contributed by atoms with E-state index in [0.29, 0.717) is 5.11 Å². The van der Waals surface area contributed by atoms with Gasteiger partial charge in [0, 0.05) is 13.1 Å². The maximum Gasteiger partial charge on any atom is 0.166 e. The highest BCUT2D eigenvalue weighted by Gasteiger charge is 2.13. The molecule has 2 rings (SSSR count). The molecule has 0 aliphatic carbocycles. The second-order valence-electron chi connectivity index (χ2n) is 3.59. The van der Waals surface area contributed by atoms with Crippen LogP contribution in [0.2, 0.25) is 0 Å². The summed E-state index contributed by atoms with van der Waals surface area (Å²) in [5, 5.41) is 0.526. The molecule has 74 valence electrons. The predicted octanol–water partition coefficient (Wildman–Crippen LogP) is 1.33. The summed E-state index contributed by atoms with van der Waals surface area (Å²) >= 11 is 4.99. The van der Waals surface area contributed by atoms with E-state index >= 15 is 0 Å². The number of thiocarbonyl (C=S) groups is 1. The van der Waals surface area contributed by atoms with Crippen LogP contribution in [0.1, 0.15) is 11.1 Å². The lowest BCUT2D eigenvalue weighted by Crippen LogP contribution is -2.37. The molecule has 0 atom stereocenters. The van der Waals surface area contributed by atoms with Crippen molar-refractivity contribution in [3.8, 4) is 0 Å². The number of hydrogen-bond acceptors (Lipinski definition) is 1. The normalized spacial score (nSPS) is 15.9. The van der Waals surface area contributed by atoms with Crippen molar-refractivity contribution in [2.75, 3.05) is 13.1 Å². The number of benzene rings is 1. The van der Waals surface area contributed by atoms with Crippen LogP contribution in [0.3, 0.4) is 0 Å². The Labute approximate surface area is 89.7 Å². The molecule has 1 aliphatic heterocycles. The second-order valence-corrected chi connectivity index (χ2v) is 4.01. The highest BCUT2D eigenvalue weighted by atomic mass is 32.1. The largest absolute Gasteiger partial charge is 0.376 e. The predicted molar refractivity (Wildman–Crippen MR) is 62.2 cm³/mol. The summed E-state index contributed by atoms with van der Waals surface area (Å²) in [6.45, 7) is 1.90. The molecule has 0 saturated carbocycles. The van der Waals surface area contributed by atoms with Gasteiger partial charge in [-0.3, -0.25) is 0 Å². The highest BCUT2D eigenvalue weighted by molar-refractivity contribution is 7.80. The van der Waals surface area contributed by atoms with Crippen molar-refractivity contribution in [1.29, 1.82) is 0 Å². The molecule has 1 heterocycles. The van der Waals surface area contributed by atoms with Crippen LogP contribution in [0.25, 0.3) is 0 Å². The standard InChI is InChI=1S/C11H14N2S/c12-11(14)13-7-5-9-3-1-2-4-10(9)6-8-13/h1-4H,5-8H2,(H2,12,14). The molecular weight excluding hydrogens is 192 g/mol. The van der Waals surface area contributed by atoms with Gasteiger partial charge in [-0.1, -0.05) is 24.3 Å². The van der Waals surface area contributed by atoms with E-state index in [0.717, 1.165) is 25.9 Å². The van der Waals surface area contributed by atoms with Crippen LogP contribution in [0.15, 0.2) is 24.3 Å². The van der Waals surface area contributed by atoms with E-state index in [9.17, 15) is 0 Å². The lowest BCUT2D eigenvalue weighted by Gasteiger charge is -2.19. The topological polar surface area (TPSA) is 29.3 Å². The Bertz CT molecular complexity index is 322. The van der Waals surface area contributed by atoms with Crippen molar-refractivity contribution in [3.63, 3.8) is 0 Å². The zero-order chi connectivity index (χ0) is 9.97. The van der Waals surface area contributed by atoms with Crippen molar-refractivity contribution < 1.29 is 0 Å². The average molecular weight is 206 g/mol. The monoisotopic (exact) mass is 206 g/mol. The number of nitrogens with two attached hydrogens (primary N) is 1. The molecule has 2 nitrogen and oxygen atoms in total. The summed E-state index contributed by atoms with van der Waals surface area (Å²) < 4.78 is 0. The molecule has 1 aromatic rings. The molecule has 0 aromatic heterocycles. The molecule has 0 spiro atoms. The Morgan fingerprint density at radius 2 is 1.64 bits per heavy atom. The van der Waals surface area contributed by atoms with E-state index in [-0.39, 0.29) is 0 Å². The third kappa shape index (κ3) is 1.87. The Balaban J connectivity index is 2.18. The summed E-state index contributed by atoms with van der Waals surface area (Å²) in [6.07, 6.45) is 2.10. The van der Waals surface area contributed by atoms with Gasteiger partial charge < -0.3 is 10.6 Å². The van der Waals surface area contributed by atoms with Gasteiger partial charge in [0.15, 0.2) is 5.11 Å². The molecule has 0 amide bonds. The van der Waals surface area contributed by atoms with Crippen LogP contribution < -0.4 is 5.73 Å². The third-order valence-electron chi connectivity index (χ3n) is 2.73. The fourth-order valence-corrected chi connectivity index (χ4v) is 2.07. The molecule has 0 unspecified atom stereocenters. The maximum absolute atomic E-state index is 5.63. The van der Waals surface area contributed by atoms with Crippen LogP contribution in [0.5, 0.6) is 0 Å². The van der Waals surface area contributed by atoms with Gasteiger partial charge in [0.05, 0.1) is 0 Å². The zero-order valence-electron chi connectivity index (χ0n) is 8.07. The van der Waals surface area contributed by atoms with Crippen molar-refractivity contribution in [2.45, 2.75) is 12.8 Å². The maximum atomic E-state index is 5.63. The van der Waals surface area contributed by atoms with Gasteiger partial charge in [-0.15, -0.1) is 0 Å². The van der Waals surface area contributed by atoms with E-state index in [2.05, 4.69) is 29.2 Å². The van der Waals surface area contributed by atoms with Gasteiger partial charge in [0.25, 0.3) is 0 Å². The quantitative estimate of drug-likeness (QED) is 0.649. The van der Waals surface area contributed by atoms with Gasteiger partial charge in [0.2, 0.25) is 0 Å². The second kappa shape index (κ2) is 3.96. The Morgan fingerprint density at radius 3 is 2.07 bits per heavy atom. The van der Waals surface area contributed by atoms with Crippen LogP contribution in [-0.4, -0.2) is 23.1 Å². The van der Waals surface area contributed by atoms with E-state index < -0.39 is 0 Å².